The van der Waals surface area contributed by atoms with Gasteiger partial charge in [-0.1, -0.05) is 29.8 Å². The number of likely N-dealkylation sites (N-methyl/N-ethyl adjacent to an activating group) is 1. The van der Waals surface area contributed by atoms with E-state index in [2.05, 4.69) is 0 Å². The third kappa shape index (κ3) is 8.06. The van der Waals surface area contributed by atoms with Gasteiger partial charge in [-0.05, 0) is 68.8 Å². The van der Waals surface area contributed by atoms with Crippen LogP contribution in [-0.4, -0.2) is 48.6 Å². The number of benzene rings is 3. The highest BCUT2D eigenvalue weighted by molar-refractivity contribution is 7.87. The Labute approximate surface area is 230 Å². The molecule has 3 rings (SSSR count). The molecule has 39 heavy (non-hydrogen) atoms. The van der Waals surface area contributed by atoms with E-state index in [0.29, 0.717) is 5.56 Å². The number of carbonyl (C=O) groups excluding carboxylic acids is 1. The van der Waals surface area contributed by atoms with Gasteiger partial charge in [-0.3, -0.25) is 10.1 Å². The molecule has 1 atom stereocenters. The summed E-state index contributed by atoms with van der Waals surface area (Å²) in [5, 5.41) is 21.7. The number of nitro groups is 1. The highest BCUT2D eigenvalue weighted by Crippen LogP contribution is 2.38. The number of rotatable bonds is 9. The summed E-state index contributed by atoms with van der Waals surface area (Å²) in [4.78, 5) is 23.8. The van der Waals surface area contributed by atoms with Crippen LogP contribution in [0.25, 0.3) is 0 Å². The quantitative estimate of drug-likeness (QED) is 0.192. The van der Waals surface area contributed by atoms with Crippen LogP contribution in [0.3, 0.4) is 0 Å². The van der Waals surface area contributed by atoms with Crippen molar-refractivity contribution in [1.82, 2.24) is 4.90 Å². The summed E-state index contributed by atoms with van der Waals surface area (Å²) >= 11 is 6.03. The smallest absolute Gasteiger partial charge is 0.410 e. The largest absolute Gasteiger partial charge is 0.449 e. The molecule has 1 unspecified atom stereocenters. The number of carbonyl (C=O) groups is 1. The van der Waals surface area contributed by atoms with E-state index in [9.17, 15) is 28.4 Å². The van der Waals surface area contributed by atoms with Crippen LogP contribution in [0.5, 0.6) is 17.2 Å². The zero-order valence-electron chi connectivity index (χ0n) is 21.5. The molecular weight excluding hydrogens is 552 g/mol. The van der Waals surface area contributed by atoms with Crippen LogP contribution in [0.2, 0.25) is 5.02 Å². The minimum absolute atomic E-state index is 0.00142. The first-order valence-electron chi connectivity index (χ1n) is 11.5. The highest BCUT2D eigenvalue weighted by Gasteiger charge is 2.23. The molecule has 1 N–H and O–H groups in total. The normalized spacial score (nSPS) is 12.4. The average molecular weight is 579 g/mol. The molecule has 0 aromatic heterocycles. The number of aliphatic hydroxyl groups excluding tert-OH is 1. The number of hydrogen-bond donors (Lipinski definition) is 1. The topological polar surface area (TPSA) is 146 Å². The van der Waals surface area contributed by atoms with Gasteiger partial charge in [-0.25, -0.2) is 4.79 Å². The number of hydrogen-bond acceptors (Lipinski definition) is 9. The highest BCUT2D eigenvalue weighted by atomic mass is 35.5. The predicted molar refractivity (Wildman–Crippen MR) is 143 cm³/mol. The maximum atomic E-state index is 12.7. The molecule has 0 heterocycles. The third-order valence-corrected chi connectivity index (χ3v) is 6.66. The zero-order chi connectivity index (χ0) is 29.0. The molecule has 3 aromatic carbocycles. The maximum Gasteiger partial charge on any atom is 0.410 e. The monoisotopic (exact) mass is 578 g/mol. The lowest BCUT2D eigenvalue weighted by Gasteiger charge is -2.26. The molecule has 3 aromatic rings. The molecule has 0 aliphatic carbocycles. The maximum absolute atomic E-state index is 12.7. The van der Waals surface area contributed by atoms with Gasteiger partial charge in [-0.2, -0.15) is 8.42 Å². The van der Waals surface area contributed by atoms with E-state index in [0.717, 1.165) is 0 Å². The summed E-state index contributed by atoms with van der Waals surface area (Å²) in [7, 11) is -2.74. The van der Waals surface area contributed by atoms with Gasteiger partial charge in [0.25, 0.3) is 0 Å². The van der Waals surface area contributed by atoms with E-state index >= 15 is 0 Å². The van der Waals surface area contributed by atoms with Crippen molar-refractivity contribution in [3.8, 4) is 17.2 Å². The molecule has 0 saturated heterocycles. The lowest BCUT2D eigenvalue weighted by molar-refractivity contribution is -0.385. The van der Waals surface area contributed by atoms with Gasteiger partial charge in [0.15, 0.2) is 0 Å². The molecule has 11 nitrogen and oxygen atoms in total. The summed E-state index contributed by atoms with van der Waals surface area (Å²) < 4.78 is 41.4. The van der Waals surface area contributed by atoms with E-state index in [4.69, 9.17) is 25.3 Å². The van der Waals surface area contributed by atoms with Gasteiger partial charge in [0, 0.05) is 13.1 Å². The Morgan fingerprint density at radius 1 is 1.05 bits per heavy atom. The van der Waals surface area contributed by atoms with Crippen molar-refractivity contribution in [2.24, 2.45) is 0 Å². The molecule has 0 aliphatic heterocycles. The Kier molecular flexibility index (Phi) is 9.05. The van der Waals surface area contributed by atoms with Crippen LogP contribution < -0.4 is 8.92 Å². The molecule has 208 valence electrons. The summed E-state index contributed by atoms with van der Waals surface area (Å²) in [5.41, 5.74) is -0.581. The second kappa shape index (κ2) is 11.9. The predicted octanol–water partition coefficient (Wildman–Crippen LogP) is 5.71. The number of aliphatic hydroxyl groups is 1. The van der Waals surface area contributed by atoms with Crippen molar-refractivity contribution in [1.29, 1.82) is 0 Å². The van der Waals surface area contributed by atoms with E-state index in [1.54, 1.807) is 20.8 Å². The fraction of sp³-hybridized carbons (Fsp3) is 0.269. The van der Waals surface area contributed by atoms with Crippen LogP contribution in [0.1, 0.15) is 32.4 Å². The molecule has 1 amide bonds. The number of amides is 1. The van der Waals surface area contributed by atoms with Crippen LogP contribution in [0, 0.1) is 10.1 Å². The van der Waals surface area contributed by atoms with Crippen molar-refractivity contribution in [3.63, 3.8) is 0 Å². The molecular formula is C26H27ClN2O9S. The Morgan fingerprint density at radius 3 is 2.21 bits per heavy atom. The van der Waals surface area contributed by atoms with Crippen LogP contribution in [0.15, 0.2) is 71.6 Å². The first kappa shape index (κ1) is 29.7. The van der Waals surface area contributed by atoms with E-state index < -0.39 is 32.8 Å². The van der Waals surface area contributed by atoms with Crippen molar-refractivity contribution in [2.45, 2.75) is 37.4 Å². The standard InChI is InChI=1S/C26H27ClN2O9S/c1-26(2,3)37-25(31)28(4)16-23(30)17-8-10-19(11-9-17)38-39(34,35)20-14-12-18(13-15-20)36-24-21(27)6-5-7-22(24)29(32)33/h5-15,23,30H,16H2,1-4H3. The molecule has 13 heteroatoms. The second-order valence-corrected chi connectivity index (χ2v) is 11.4. The number of para-hydroxylation sites is 1. The zero-order valence-corrected chi connectivity index (χ0v) is 23.1. The first-order chi connectivity index (χ1) is 18.2. The van der Waals surface area contributed by atoms with Gasteiger partial charge in [0.1, 0.15) is 22.0 Å². The second-order valence-electron chi connectivity index (χ2n) is 9.40. The van der Waals surface area contributed by atoms with Gasteiger partial charge in [-0.15, -0.1) is 0 Å². The minimum Gasteiger partial charge on any atom is -0.449 e. The van der Waals surface area contributed by atoms with Crippen molar-refractivity contribution in [2.75, 3.05) is 13.6 Å². The van der Waals surface area contributed by atoms with Crippen LogP contribution in [-0.2, 0) is 14.9 Å². The van der Waals surface area contributed by atoms with Gasteiger partial charge in [0.2, 0.25) is 5.75 Å². The number of nitro benzene ring substituents is 1. The Balaban J connectivity index is 1.66. The van der Waals surface area contributed by atoms with Gasteiger partial charge in [0.05, 0.1) is 22.6 Å². The molecule has 0 bridgehead atoms. The number of nitrogens with zero attached hydrogens (tertiary/aromatic N) is 2. The fourth-order valence-corrected chi connectivity index (χ4v) is 4.37. The lowest BCUT2D eigenvalue weighted by atomic mass is 10.1. The molecule has 0 saturated carbocycles. The molecule has 0 spiro atoms. The Bertz CT molecular complexity index is 1440. The van der Waals surface area contributed by atoms with E-state index in [1.807, 2.05) is 0 Å². The van der Waals surface area contributed by atoms with E-state index in [-0.39, 0.29) is 39.4 Å². The van der Waals surface area contributed by atoms with Crippen molar-refractivity contribution in [3.05, 3.63) is 87.4 Å². The van der Waals surface area contributed by atoms with Gasteiger partial charge >= 0.3 is 21.9 Å². The molecule has 0 fully saturated rings. The van der Waals surface area contributed by atoms with E-state index in [1.165, 1.54) is 78.7 Å². The van der Waals surface area contributed by atoms with Crippen molar-refractivity contribution < 1.29 is 36.9 Å². The fourth-order valence-electron chi connectivity index (χ4n) is 3.23. The first-order valence-corrected chi connectivity index (χ1v) is 13.3. The summed E-state index contributed by atoms with van der Waals surface area (Å²) in [6, 6.07) is 14.8. The van der Waals surface area contributed by atoms with Crippen LogP contribution in [0.4, 0.5) is 10.5 Å². The molecule has 0 aliphatic rings. The summed E-state index contributed by atoms with van der Waals surface area (Å²) in [6.45, 7) is 5.16. The summed E-state index contributed by atoms with van der Waals surface area (Å²) in [6.07, 6.45) is -1.64. The van der Waals surface area contributed by atoms with Crippen LogP contribution >= 0.6 is 11.6 Å². The lowest BCUT2D eigenvalue weighted by Crippen LogP contribution is -2.36. The molecule has 0 radical (unpaired) electrons. The van der Waals surface area contributed by atoms with Crippen molar-refractivity contribution >= 4 is 33.5 Å². The Hall–Kier alpha value is -3.87. The Morgan fingerprint density at radius 2 is 1.64 bits per heavy atom. The number of ether oxygens (including phenoxy) is 2. The average Bonchev–Trinajstić information content (AvgIpc) is 2.84. The minimum atomic E-state index is -4.24. The third-order valence-electron chi connectivity index (χ3n) is 5.10. The SMILES string of the molecule is CN(CC(O)c1ccc(OS(=O)(=O)c2ccc(Oc3c(Cl)cccc3[N+](=O)[O-])cc2)cc1)C(=O)OC(C)(C)C. The summed E-state index contributed by atoms with van der Waals surface area (Å²) in [5.74, 6) is -0.0473. The van der Waals surface area contributed by atoms with Gasteiger partial charge < -0.3 is 23.7 Å². The number of halogens is 1.